The Balaban J connectivity index is 1.84. The third kappa shape index (κ3) is 5.53. The summed E-state index contributed by atoms with van der Waals surface area (Å²) in [7, 11) is 5.73. The van der Waals surface area contributed by atoms with Crippen LogP contribution < -0.4 is 19.1 Å². The minimum Gasteiger partial charge on any atom is -0.493 e. The van der Waals surface area contributed by atoms with Crippen molar-refractivity contribution in [3.05, 3.63) is 47.0 Å². The van der Waals surface area contributed by atoms with E-state index in [1.807, 2.05) is 0 Å². The van der Waals surface area contributed by atoms with Crippen LogP contribution in [0.25, 0.3) is 0 Å². The Morgan fingerprint density at radius 3 is 2.18 bits per heavy atom. The van der Waals surface area contributed by atoms with E-state index in [0.717, 1.165) is 5.56 Å². The van der Waals surface area contributed by atoms with E-state index in [1.165, 1.54) is 38.2 Å². The first-order valence-corrected chi connectivity index (χ1v) is 10.9. The molecule has 0 aromatic heterocycles. The van der Waals surface area contributed by atoms with Crippen LogP contribution in [-0.4, -0.2) is 64.2 Å². The van der Waals surface area contributed by atoms with E-state index >= 15 is 0 Å². The van der Waals surface area contributed by atoms with Crippen LogP contribution in [0.2, 0.25) is 5.02 Å². The molecule has 3 rings (SSSR count). The molecule has 1 aliphatic heterocycles. The van der Waals surface area contributed by atoms with E-state index in [4.69, 9.17) is 30.5 Å². The monoisotopic (exact) mass is 490 g/mol. The maximum absolute atomic E-state index is 13.4. The highest BCUT2D eigenvalue weighted by Crippen LogP contribution is 2.42. The molecular formula is C24H27ClN2O7. The summed E-state index contributed by atoms with van der Waals surface area (Å²) >= 11 is 5.95. The summed E-state index contributed by atoms with van der Waals surface area (Å²) < 4.78 is 20.9. The lowest BCUT2D eigenvalue weighted by atomic mass is 10.1. The zero-order chi connectivity index (χ0) is 24.8. The first-order chi connectivity index (χ1) is 16.3. The van der Waals surface area contributed by atoms with Gasteiger partial charge in [0, 0.05) is 36.7 Å². The van der Waals surface area contributed by atoms with Gasteiger partial charge in [-0.3, -0.25) is 14.4 Å². The van der Waals surface area contributed by atoms with Gasteiger partial charge in [0.25, 0.3) is 0 Å². The lowest BCUT2D eigenvalue weighted by Crippen LogP contribution is -2.40. The Hall–Kier alpha value is -3.46. The Kier molecular flexibility index (Phi) is 8.22. The fourth-order valence-corrected chi connectivity index (χ4v) is 3.97. The van der Waals surface area contributed by atoms with E-state index in [1.54, 1.807) is 36.4 Å². The van der Waals surface area contributed by atoms with E-state index in [-0.39, 0.29) is 37.9 Å². The molecule has 2 amide bonds. The van der Waals surface area contributed by atoms with Crippen LogP contribution in [0.5, 0.6) is 17.2 Å². The van der Waals surface area contributed by atoms with Gasteiger partial charge in [-0.05, 0) is 17.7 Å². The molecule has 0 saturated carbocycles. The standard InChI is InChI=1S/C24H27ClN2O7/c1-31-19-10-18(11-20(32-2)23(19)34-4)27-13-16(9-21(27)28)24(30)26(14-22(29)33-3)12-15-5-7-17(25)8-6-15/h5-8,10-11,16H,9,12-14H2,1-4H3. The van der Waals surface area contributed by atoms with Crippen molar-refractivity contribution >= 4 is 35.1 Å². The number of nitrogens with zero attached hydrogens (tertiary/aromatic N) is 2. The summed E-state index contributed by atoms with van der Waals surface area (Å²) in [5, 5.41) is 0.567. The summed E-state index contributed by atoms with van der Waals surface area (Å²) in [5.41, 5.74) is 1.32. The number of hydrogen-bond donors (Lipinski definition) is 0. The summed E-state index contributed by atoms with van der Waals surface area (Å²) in [5.74, 6) is -0.526. The SMILES string of the molecule is COC(=O)CN(Cc1ccc(Cl)cc1)C(=O)C1CC(=O)N(c2cc(OC)c(OC)c(OC)c2)C1. The van der Waals surface area contributed by atoms with Crippen molar-refractivity contribution in [2.45, 2.75) is 13.0 Å². The molecule has 2 aromatic carbocycles. The topological polar surface area (TPSA) is 94.6 Å². The zero-order valence-electron chi connectivity index (χ0n) is 19.5. The highest BCUT2D eigenvalue weighted by atomic mass is 35.5. The van der Waals surface area contributed by atoms with Gasteiger partial charge in [0.15, 0.2) is 11.5 Å². The summed E-state index contributed by atoms with van der Waals surface area (Å²) in [6, 6.07) is 10.3. The second-order valence-electron chi connectivity index (χ2n) is 7.69. The number of esters is 1. The first kappa shape index (κ1) is 25.2. The van der Waals surface area contributed by atoms with E-state index in [0.29, 0.717) is 28.0 Å². The van der Waals surface area contributed by atoms with E-state index in [2.05, 4.69) is 0 Å². The molecular weight excluding hydrogens is 464 g/mol. The van der Waals surface area contributed by atoms with Crippen molar-refractivity contribution in [1.82, 2.24) is 4.90 Å². The van der Waals surface area contributed by atoms with Gasteiger partial charge < -0.3 is 28.7 Å². The average Bonchev–Trinajstić information content (AvgIpc) is 3.24. The minimum atomic E-state index is -0.636. The summed E-state index contributed by atoms with van der Waals surface area (Å²) in [6.45, 7) is 0.0986. The van der Waals surface area contributed by atoms with E-state index < -0.39 is 11.9 Å². The number of hydrogen-bond acceptors (Lipinski definition) is 7. The first-order valence-electron chi connectivity index (χ1n) is 10.5. The van der Waals surface area contributed by atoms with Crippen LogP contribution in [-0.2, 0) is 25.7 Å². The van der Waals surface area contributed by atoms with Crippen molar-refractivity contribution in [3.8, 4) is 17.2 Å². The van der Waals surface area contributed by atoms with Gasteiger partial charge in [-0.2, -0.15) is 0 Å². The van der Waals surface area contributed by atoms with Gasteiger partial charge in [-0.1, -0.05) is 23.7 Å². The largest absolute Gasteiger partial charge is 0.493 e. The fourth-order valence-electron chi connectivity index (χ4n) is 3.85. The second kappa shape index (κ2) is 11.1. The number of benzene rings is 2. The lowest BCUT2D eigenvalue weighted by Gasteiger charge is -2.25. The van der Waals surface area contributed by atoms with Crippen molar-refractivity contribution < 1.29 is 33.3 Å². The highest BCUT2D eigenvalue weighted by molar-refractivity contribution is 6.30. The molecule has 0 aliphatic carbocycles. The molecule has 1 saturated heterocycles. The minimum absolute atomic E-state index is 0.00772. The average molecular weight is 491 g/mol. The Morgan fingerprint density at radius 2 is 1.65 bits per heavy atom. The van der Waals surface area contributed by atoms with Crippen LogP contribution in [0.3, 0.4) is 0 Å². The number of anilines is 1. The number of rotatable bonds is 9. The van der Waals surface area contributed by atoms with Gasteiger partial charge in [-0.25, -0.2) is 0 Å². The Morgan fingerprint density at radius 1 is 1.03 bits per heavy atom. The van der Waals surface area contributed by atoms with Gasteiger partial charge in [0.1, 0.15) is 6.54 Å². The van der Waals surface area contributed by atoms with Crippen LogP contribution in [0, 0.1) is 5.92 Å². The molecule has 0 spiro atoms. The van der Waals surface area contributed by atoms with Gasteiger partial charge >= 0.3 is 5.97 Å². The molecule has 1 unspecified atom stereocenters. The predicted molar refractivity (Wildman–Crippen MR) is 125 cm³/mol. The van der Waals surface area contributed by atoms with Crippen LogP contribution in [0.15, 0.2) is 36.4 Å². The number of ether oxygens (including phenoxy) is 4. The molecule has 2 aromatic rings. The number of carbonyl (C=O) groups excluding carboxylic acids is 3. The summed E-state index contributed by atoms with van der Waals surface area (Å²) in [6.07, 6.45) is 0.00772. The van der Waals surface area contributed by atoms with Crippen LogP contribution in [0.4, 0.5) is 5.69 Å². The lowest BCUT2D eigenvalue weighted by molar-refractivity contribution is -0.148. The van der Waals surface area contributed by atoms with Crippen molar-refractivity contribution in [2.75, 3.05) is 46.4 Å². The molecule has 9 nitrogen and oxygen atoms in total. The van der Waals surface area contributed by atoms with Crippen molar-refractivity contribution in [1.29, 1.82) is 0 Å². The third-order valence-corrected chi connectivity index (χ3v) is 5.83. The fraction of sp³-hybridized carbons (Fsp3) is 0.375. The number of amides is 2. The quantitative estimate of drug-likeness (QED) is 0.499. The molecule has 182 valence electrons. The molecule has 1 fully saturated rings. The number of methoxy groups -OCH3 is 4. The number of carbonyl (C=O) groups is 3. The van der Waals surface area contributed by atoms with Crippen molar-refractivity contribution in [2.24, 2.45) is 5.92 Å². The molecule has 0 bridgehead atoms. The molecule has 1 heterocycles. The molecule has 34 heavy (non-hydrogen) atoms. The van der Waals surface area contributed by atoms with Gasteiger partial charge in [-0.15, -0.1) is 0 Å². The Labute approximate surface area is 203 Å². The normalized spacial score (nSPS) is 15.1. The maximum atomic E-state index is 13.4. The van der Waals surface area contributed by atoms with Crippen LogP contribution in [0.1, 0.15) is 12.0 Å². The molecule has 1 atom stereocenters. The second-order valence-corrected chi connectivity index (χ2v) is 8.12. The predicted octanol–water partition coefficient (Wildman–Crippen LogP) is 2.92. The van der Waals surface area contributed by atoms with Gasteiger partial charge in [0.05, 0.1) is 40.0 Å². The van der Waals surface area contributed by atoms with E-state index in [9.17, 15) is 14.4 Å². The zero-order valence-corrected chi connectivity index (χ0v) is 20.3. The molecule has 0 radical (unpaired) electrons. The molecule has 0 N–H and O–H groups in total. The summed E-state index contributed by atoms with van der Waals surface area (Å²) in [4.78, 5) is 41.1. The van der Waals surface area contributed by atoms with Crippen LogP contribution >= 0.6 is 11.6 Å². The highest BCUT2D eigenvalue weighted by Gasteiger charge is 2.38. The van der Waals surface area contributed by atoms with Crippen molar-refractivity contribution in [3.63, 3.8) is 0 Å². The molecule has 10 heteroatoms. The molecule has 1 aliphatic rings. The van der Waals surface area contributed by atoms with Gasteiger partial charge in [0.2, 0.25) is 17.6 Å². The number of halogens is 1. The third-order valence-electron chi connectivity index (χ3n) is 5.58. The Bertz CT molecular complexity index is 1030. The smallest absolute Gasteiger partial charge is 0.325 e. The maximum Gasteiger partial charge on any atom is 0.325 e.